The van der Waals surface area contributed by atoms with E-state index in [9.17, 15) is 18.0 Å². The van der Waals surface area contributed by atoms with Gasteiger partial charge in [0.15, 0.2) is 0 Å². The fourth-order valence-corrected chi connectivity index (χ4v) is 2.98. The Morgan fingerprint density at radius 2 is 2.29 bits per heavy atom. The van der Waals surface area contributed by atoms with Crippen LogP contribution in [0.5, 0.6) is 0 Å². The molecule has 0 bridgehead atoms. The van der Waals surface area contributed by atoms with E-state index in [1.54, 1.807) is 16.2 Å². The maximum atomic E-state index is 11.6. The van der Waals surface area contributed by atoms with Crippen molar-refractivity contribution in [1.29, 1.82) is 0 Å². The molecule has 0 atom stereocenters. The number of amides is 3. The van der Waals surface area contributed by atoms with Gasteiger partial charge in [-0.2, -0.15) is 5.01 Å². The fraction of sp³-hybridized carbons (Fsp3) is 0.143. The molecule has 0 saturated heterocycles. The van der Waals surface area contributed by atoms with Crippen molar-refractivity contribution in [2.75, 3.05) is 6.54 Å². The number of nitrogens with zero attached hydrogens (tertiary/aromatic N) is 3. The summed E-state index contributed by atoms with van der Waals surface area (Å²) >= 11 is 0.973. The molecular weight excluding hydrogens is 268 g/mol. The van der Waals surface area contributed by atoms with E-state index in [1.165, 1.54) is 6.07 Å². The van der Waals surface area contributed by atoms with Crippen molar-refractivity contribution in [3.8, 4) is 0 Å². The molecule has 0 unspecified atom stereocenters. The Morgan fingerprint density at radius 3 is 2.82 bits per heavy atom. The van der Waals surface area contributed by atoms with Crippen LogP contribution in [0, 0.1) is 0 Å². The summed E-state index contributed by atoms with van der Waals surface area (Å²) < 4.78 is 25.1. The second-order valence-corrected chi connectivity index (χ2v) is 5.84. The first-order chi connectivity index (χ1) is 7.99. The number of carbonyl (C=O) groups is 2. The average molecular weight is 274 g/mol. The molecule has 10 heteroatoms. The second-order valence-electron chi connectivity index (χ2n) is 2.98. The molecule has 0 spiro atoms. The number of nitrogens with one attached hydrogen (secondary N) is 1. The lowest BCUT2D eigenvalue weighted by atomic mass is 10.6. The summed E-state index contributed by atoms with van der Waals surface area (Å²) in [6, 6.07) is 1.90. The van der Waals surface area contributed by atoms with E-state index in [4.69, 9.17) is 0 Å². The van der Waals surface area contributed by atoms with Crippen LogP contribution in [-0.4, -0.2) is 31.9 Å². The van der Waals surface area contributed by atoms with Crippen LogP contribution in [-0.2, 0) is 14.8 Å². The Morgan fingerprint density at radius 1 is 1.53 bits per heavy atom. The SMILES string of the molecule is O=C1CN(C(=O)NS(=O)(=O)c2cccs2)N=N1. The summed E-state index contributed by atoms with van der Waals surface area (Å²) in [5.74, 6) is -0.603. The number of rotatable bonds is 2. The van der Waals surface area contributed by atoms with Gasteiger partial charge in [-0.05, 0) is 11.4 Å². The van der Waals surface area contributed by atoms with Gasteiger partial charge in [-0.3, -0.25) is 4.79 Å². The Hall–Kier alpha value is -1.81. The van der Waals surface area contributed by atoms with Crippen LogP contribution in [0.1, 0.15) is 0 Å². The van der Waals surface area contributed by atoms with E-state index >= 15 is 0 Å². The third-order valence-corrected chi connectivity index (χ3v) is 4.48. The molecule has 2 rings (SSSR count). The van der Waals surface area contributed by atoms with Gasteiger partial charge in [0.25, 0.3) is 15.9 Å². The van der Waals surface area contributed by atoms with Crippen molar-refractivity contribution in [2.45, 2.75) is 4.21 Å². The Labute approximate surface area is 100.0 Å². The fourth-order valence-electron chi connectivity index (χ4n) is 1.04. The highest BCUT2D eigenvalue weighted by Gasteiger charge is 2.27. The zero-order chi connectivity index (χ0) is 12.5. The summed E-state index contributed by atoms with van der Waals surface area (Å²) in [7, 11) is -3.91. The zero-order valence-corrected chi connectivity index (χ0v) is 9.86. The Kier molecular flexibility index (Phi) is 2.90. The van der Waals surface area contributed by atoms with E-state index in [0.29, 0.717) is 5.01 Å². The first kappa shape index (κ1) is 11.7. The number of hydrogen-bond acceptors (Lipinski definition) is 6. The molecule has 17 heavy (non-hydrogen) atoms. The highest BCUT2D eigenvalue weighted by atomic mass is 32.2. The maximum absolute atomic E-state index is 11.6. The Bertz CT molecular complexity index is 577. The highest BCUT2D eigenvalue weighted by molar-refractivity contribution is 7.92. The van der Waals surface area contributed by atoms with E-state index < -0.39 is 22.0 Å². The molecule has 1 aliphatic heterocycles. The number of hydrogen-bond donors (Lipinski definition) is 1. The molecule has 8 nitrogen and oxygen atoms in total. The van der Waals surface area contributed by atoms with Gasteiger partial charge in [0.2, 0.25) is 0 Å². The molecule has 0 saturated carbocycles. The molecule has 0 aromatic carbocycles. The molecule has 0 aliphatic carbocycles. The van der Waals surface area contributed by atoms with Gasteiger partial charge in [-0.25, -0.2) is 17.9 Å². The number of thiophene rings is 1. The summed E-state index contributed by atoms with van der Waals surface area (Å²) in [6.07, 6.45) is 0. The van der Waals surface area contributed by atoms with E-state index in [-0.39, 0.29) is 10.8 Å². The summed E-state index contributed by atoms with van der Waals surface area (Å²) in [5.41, 5.74) is 0. The minimum absolute atomic E-state index is 0.00770. The molecule has 1 N–H and O–H groups in total. The lowest BCUT2D eigenvalue weighted by Crippen LogP contribution is -2.39. The Balaban J connectivity index is 2.10. The number of sulfonamides is 1. The first-order valence-electron chi connectivity index (χ1n) is 4.31. The topological polar surface area (TPSA) is 108 Å². The van der Waals surface area contributed by atoms with Crippen molar-refractivity contribution in [3.05, 3.63) is 17.5 Å². The third-order valence-electron chi connectivity index (χ3n) is 1.77. The molecule has 0 radical (unpaired) electrons. The van der Waals surface area contributed by atoms with Gasteiger partial charge in [0.1, 0.15) is 10.8 Å². The zero-order valence-electron chi connectivity index (χ0n) is 8.23. The average Bonchev–Trinajstić information content (AvgIpc) is 2.86. The van der Waals surface area contributed by atoms with Crippen LogP contribution in [0.3, 0.4) is 0 Å². The van der Waals surface area contributed by atoms with Gasteiger partial charge in [-0.15, -0.1) is 11.3 Å². The molecule has 2 heterocycles. The lowest BCUT2D eigenvalue weighted by Gasteiger charge is -2.09. The highest BCUT2D eigenvalue weighted by Crippen LogP contribution is 2.15. The number of urea groups is 1. The predicted octanol–water partition coefficient (Wildman–Crippen LogP) is 0.356. The van der Waals surface area contributed by atoms with Crippen molar-refractivity contribution in [3.63, 3.8) is 0 Å². The van der Waals surface area contributed by atoms with Crippen molar-refractivity contribution < 1.29 is 18.0 Å². The van der Waals surface area contributed by atoms with E-state index in [0.717, 1.165) is 11.3 Å². The minimum atomic E-state index is -3.91. The molecular formula is C7H6N4O4S2. The summed E-state index contributed by atoms with van der Waals surface area (Å²) in [4.78, 5) is 22.2. The summed E-state index contributed by atoms with van der Waals surface area (Å²) in [6.45, 7) is -0.355. The molecule has 1 aromatic heterocycles. The quantitative estimate of drug-likeness (QED) is 0.839. The molecule has 0 fully saturated rings. The van der Waals surface area contributed by atoms with Gasteiger partial charge < -0.3 is 0 Å². The molecule has 1 aliphatic rings. The van der Waals surface area contributed by atoms with Crippen molar-refractivity contribution in [1.82, 2.24) is 9.73 Å². The van der Waals surface area contributed by atoms with Crippen LogP contribution in [0.4, 0.5) is 4.79 Å². The molecule has 1 aromatic rings. The van der Waals surface area contributed by atoms with Crippen LogP contribution >= 0.6 is 11.3 Å². The largest absolute Gasteiger partial charge is 0.353 e. The third kappa shape index (κ3) is 2.47. The van der Waals surface area contributed by atoms with Gasteiger partial charge in [0.05, 0.1) is 0 Å². The van der Waals surface area contributed by atoms with Crippen LogP contribution in [0.25, 0.3) is 0 Å². The maximum Gasteiger partial charge on any atom is 0.353 e. The lowest BCUT2D eigenvalue weighted by molar-refractivity contribution is -0.116. The van der Waals surface area contributed by atoms with E-state index in [1.807, 2.05) is 0 Å². The van der Waals surface area contributed by atoms with E-state index in [2.05, 4.69) is 10.3 Å². The van der Waals surface area contributed by atoms with Crippen LogP contribution < -0.4 is 4.72 Å². The van der Waals surface area contributed by atoms with Crippen LogP contribution in [0.15, 0.2) is 32.1 Å². The molecule has 90 valence electrons. The van der Waals surface area contributed by atoms with Gasteiger partial charge in [0, 0.05) is 0 Å². The minimum Gasteiger partial charge on any atom is -0.269 e. The second kappa shape index (κ2) is 4.22. The van der Waals surface area contributed by atoms with Crippen molar-refractivity contribution >= 4 is 33.3 Å². The van der Waals surface area contributed by atoms with Gasteiger partial charge >= 0.3 is 6.03 Å². The smallest absolute Gasteiger partial charge is 0.269 e. The standard InChI is InChI=1S/C7H6N4O4S2/c12-5-4-11(10-8-5)7(13)9-17(14,15)6-2-1-3-16-6/h1-3H,4H2,(H,9,13). The number of carbonyl (C=O) groups excluding carboxylic acids is 2. The first-order valence-corrected chi connectivity index (χ1v) is 6.67. The van der Waals surface area contributed by atoms with Crippen LogP contribution in [0.2, 0.25) is 0 Å². The van der Waals surface area contributed by atoms with Crippen molar-refractivity contribution in [2.24, 2.45) is 10.3 Å². The van der Waals surface area contributed by atoms with Gasteiger partial charge in [-0.1, -0.05) is 16.4 Å². The monoisotopic (exact) mass is 274 g/mol. The predicted molar refractivity (Wildman–Crippen MR) is 56.6 cm³/mol. The normalized spacial score (nSPS) is 15.3. The summed E-state index contributed by atoms with van der Waals surface area (Å²) in [5, 5.41) is 8.52. The molecule has 3 amide bonds.